The van der Waals surface area contributed by atoms with E-state index in [1.165, 1.54) is 17.5 Å². The normalized spacial score (nSPS) is 22.7. The van der Waals surface area contributed by atoms with E-state index >= 15 is 0 Å². The van der Waals surface area contributed by atoms with Crippen LogP contribution in [-0.2, 0) is 9.53 Å². The molecule has 2 aliphatic rings. The van der Waals surface area contributed by atoms with Crippen LogP contribution in [0.1, 0.15) is 36.4 Å². The predicted molar refractivity (Wildman–Crippen MR) is 99.5 cm³/mol. The number of benzene rings is 1. The maximum atomic E-state index is 12.3. The lowest BCUT2D eigenvalue weighted by atomic mass is 10.0. The van der Waals surface area contributed by atoms with E-state index in [9.17, 15) is 4.79 Å². The second kappa shape index (κ2) is 9.32. The van der Waals surface area contributed by atoms with Gasteiger partial charge >= 0.3 is 0 Å². The summed E-state index contributed by atoms with van der Waals surface area (Å²) in [6, 6.07) is 8.90. The number of amides is 1. The van der Waals surface area contributed by atoms with Gasteiger partial charge in [-0.25, -0.2) is 0 Å². The lowest BCUT2D eigenvalue weighted by molar-refractivity contribution is -0.121. The second-order valence-electron chi connectivity index (χ2n) is 7.28. The second-order valence-corrected chi connectivity index (χ2v) is 7.28. The van der Waals surface area contributed by atoms with Gasteiger partial charge < -0.3 is 15.4 Å². The van der Waals surface area contributed by atoms with Crippen molar-refractivity contribution in [3.63, 3.8) is 0 Å². The monoisotopic (exact) mass is 345 g/mol. The Labute approximate surface area is 151 Å². The van der Waals surface area contributed by atoms with Crippen molar-refractivity contribution >= 4 is 5.91 Å². The van der Waals surface area contributed by atoms with Gasteiger partial charge in [-0.3, -0.25) is 9.69 Å². The van der Waals surface area contributed by atoms with Crippen molar-refractivity contribution in [1.82, 2.24) is 15.5 Å². The molecule has 5 heteroatoms. The molecule has 0 aliphatic carbocycles. The molecule has 1 amide bonds. The van der Waals surface area contributed by atoms with Crippen LogP contribution in [0.5, 0.6) is 0 Å². The summed E-state index contributed by atoms with van der Waals surface area (Å²) in [5.74, 6) is 0.843. The van der Waals surface area contributed by atoms with Crippen LogP contribution in [-0.4, -0.2) is 56.7 Å². The van der Waals surface area contributed by atoms with Gasteiger partial charge in [0.2, 0.25) is 5.91 Å². The van der Waals surface area contributed by atoms with Crippen molar-refractivity contribution in [2.24, 2.45) is 5.92 Å². The fourth-order valence-corrected chi connectivity index (χ4v) is 3.73. The van der Waals surface area contributed by atoms with E-state index < -0.39 is 0 Å². The summed E-state index contributed by atoms with van der Waals surface area (Å²) in [4.78, 5) is 14.7. The Balaban J connectivity index is 1.55. The van der Waals surface area contributed by atoms with Crippen molar-refractivity contribution in [2.45, 2.75) is 32.2 Å². The van der Waals surface area contributed by atoms with Crippen LogP contribution in [0.4, 0.5) is 0 Å². The molecule has 2 heterocycles. The van der Waals surface area contributed by atoms with Gasteiger partial charge in [0, 0.05) is 26.1 Å². The average molecular weight is 345 g/mol. The lowest BCUT2D eigenvalue weighted by Gasteiger charge is -2.35. The molecule has 2 unspecified atom stereocenters. The Bertz CT molecular complexity index is 534. The molecule has 1 aromatic carbocycles. The molecular weight excluding hydrogens is 314 g/mol. The molecule has 2 fully saturated rings. The summed E-state index contributed by atoms with van der Waals surface area (Å²) >= 11 is 0. The van der Waals surface area contributed by atoms with E-state index in [1.54, 1.807) is 0 Å². The van der Waals surface area contributed by atoms with E-state index in [0.29, 0.717) is 18.9 Å². The number of rotatable bonds is 7. The Morgan fingerprint density at radius 1 is 1.32 bits per heavy atom. The molecule has 25 heavy (non-hydrogen) atoms. The van der Waals surface area contributed by atoms with Crippen LogP contribution in [0.3, 0.4) is 0 Å². The van der Waals surface area contributed by atoms with Crippen LogP contribution in [0.15, 0.2) is 24.3 Å². The van der Waals surface area contributed by atoms with Crippen molar-refractivity contribution in [3.05, 3.63) is 35.4 Å². The maximum absolute atomic E-state index is 12.3. The lowest BCUT2D eigenvalue weighted by Crippen LogP contribution is -2.43. The Kier molecular flexibility index (Phi) is 6.84. The number of hydrogen-bond donors (Lipinski definition) is 2. The Morgan fingerprint density at radius 3 is 2.76 bits per heavy atom. The summed E-state index contributed by atoms with van der Waals surface area (Å²) < 4.78 is 5.49. The largest absolute Gasteiger partial charge is 0.379 e. The molecular formula is C20H31N3O2. The molecule has 1 aromatic rings. The third kappa shape index (κ3) is 5.53. The van der Waals surface area contributed by atoms with Crippen molar-refractivity contribution in [2.75, 3.05) is 45.9 Å². The highest BCUT2D eigenvalue weighted by atomic mass is 16.5. The number of carbonyl (C=O) groups excluding carboxylic acids is 1. The smallest absolute Gasteiger partial charge is 0.220 e. The number of nitrogens with zero attached hydrogens (tertiary/aromatic N) is 1. The van der Waals surface area contributed by atoms with Gasteiger partial charge in [0.15, 0.2) is 0 Å². The molecule has 2 saturated heterocycles. The van der Waals surface area contributed by atoms with Gasteiger partial charge in [0.25, 0.3) is 0 Å². The molecule has 138 valence electrons. The van der Waals surface area contributed by atoms with Crippen LogP contribution >= 0.6 is 0 Å². The first kappa shape index (κ1) is 18.4. The van der Waals surface area contributed by atoms with E-state index in [1.807, 2.05) is 0 Å². The van der Waals surface area contributed by atoms with Gasteiger partial charge in [-0.2, -0.15) is 0 Å². The van der Waals surface area contributed by atoms with Crippen LogP contribution < -0.4 is 10.6 Å². The first-order valence-corrected chi connectivity index (χ1v) is 9.58. The summed E-state index contributed by atoms with van der Waals surface area (Å²) in [5.41, 5.74) is 2.53. The minimum atomic E-state index is 0.178. The molecule has 0 saturated carbocycles. The maximum Gasteiger partial charge on any atom is 0.220 e. The fraction of sp³-hybridized carbons (Fsp3) is 0.650. The third-order valence-corrected chi connectivity index (χ3v) is 5.38. The van der Waals surface area contributed by atoms with Crippen molar-refractivity contribution < 1.29 is 9.53 Å². The zero-order valence-corrected chi connectivity index (χ0v) is 15.3. The predicted octanol–water partition coefficient (Wildman–Crippen LogP) is 1.87. The summed E-state index contributed by atoms with van der Waals surface area (Å²) in [5, 5.41) is 6.54. The molecule has 2 aliphatic heterocycles. The molecule has 2 N–H and O–H groups in total. The quantitative estimate of drug-likeness (QED) is 0.792. The molecule has 5 nitrogen and oxygen atoms in total. The fourth-order valence-electron chi connectivity index (χ4n) is 3.73. The number of aryl methyl sites for hydroxylation is 1. The number of nitrogens with one attached hydrogen (secondary N) is 2. The van der Waals surface area contributed by atoms with Crippen LogP contribution in [0.25, 0.3) is 0 Å². The zero-order valence-electron chi connectivity index (χ0n) is 15.3. The molecule has 0 aromatic heterocycles. The van der Waals surface area contributed by atoms with Gasteiger partial charge in [-0.15, -0.1) is 0 Å². The van der Waals surface area contributed by atoms with Gasteiger partial charge in [-0.05, 0) is 44.3 Å². The molecule has 0 spiro atoms. The number of carbonyl (C=O) groups is 1. The Morgan fingerprint density at radius 2 is 2.08 bits per heavy atom. The van der Waals surface area contributed by atoms with Gasteiger partial charge in [0.05, 0.1) is 19.3 Å². The SMILES string of the molecule is Cc1ccc(C(CNC(=O)CCC2CCNC2)N2CCOCC2)cc1. The van der Waals surface area contributed by atoms with Gasteiger partial charge in [0.1, 0.15) is 0 Å². The highest BCUT2D eigenvalue weighted by Crippen LogP contribution is 2.22. The first-order chi connectivity index (χ1) is 12.2. The number of morpholine rings is 1. The third-order valence-electron chi connectivity index (χ3n) is 5.38. The van der Waals surface area contributed by atoms with E-state index in [-0.39, 0.29) is 11.9 Å². The van der Waals surface area contributed by atoms with E-state index in [4.69, 9.17) is 4.74 Å². The van der Waals surface area contributed by atoms with E-state index in [2.05, 4.69) is 46.7 Å². The van der Waals surface area contributed by atoms with Crippen LogP contribution in [0, 0.1) is 12.8 Å². The highest BCUT2D eigenvalue weighted by Gasteiger charge is 2.23. The summed E-state index contributed by atoms with van der Waals surface area (Å²) in [6.07, 6.45) is 2.83. The molecule has 0 radical (unpaired) electrons. The zero-order chi connectivity index (χ0) is 17.5. The number of hydrogen-bond acceptors (Lipinski definition) is 4. The average Bonchev–Trinajstić information content (AvgIpc) is 3.16. The summed E-state index contributed by atoms with van der Waals surface area (Å²) in [7, 11) is 0. The van der Waals surface area contributed by atoms with Crippen molar-refractivity contribution in [1.29, 1.82) is 0 Å². The standard InChI is InChI=1S/C20H31N3O2/c1-16-2-5-18(6-3-16)19(23-10-12-25-13-11-23)15-22-20(24)7-4-17-8-9-21-14-17/h2-3,5-6,17,19,21H,4,7-15H2,1H3,(H,22,24). The Hall–Kier alpha value is -1.43. The first-order valence-electron chi connectivity index (χ1n) is 9.58. The molecule has 2 atom stereocenters. The summed E-state index contributed by atoms with van der Waals surface area (Å²) in [6.45, 7) is 8.31. The van der Waals surface area contributed by atoms with Crippen molar-refractivity contribution in [3.8, 4) is 0 Å². The van der Waals surface area contributed by atoms with Crippen LogP contribution in [0.2, 0.25) is 0 Å². The highest BCUT2D eigenvalue weighted by molar-refractivity contribution is 5.75. The minimum Gasteiger partial charge on any atom is -0.379 e. The van der Waals surface area contributed by atoms with E-state index in [0.717, 1.165) is 45.8 Å². The topological polar surface area (TPSA) is 53.6 Å². The minimum absolute atomic E-state index is 0.178. The molecule has 3 rings (SSSR count). The molecule has 0 bridgehead atoms. The van der Waals surface area contributed by atoms with Gasteiger partial charge in [-0.1, -0.05) is 29.8 Å². The number of ether oxygens (including phenoxy) is 1.